The predicted molar refractivity (Wildman–Crippen MR) is 273 cm³/mol. The van der Waals surface area contributed by atoms with Crippen molar-refractivity contribution >= 4 is 83.6 Å². The molecule has 26 heteroatoms. The number of aliphatic hydroxyl groups excluding tert-OH is 3. The lowest BCUT2D eigenvalue weighted by molar-refractivity contribution is -0.136. The van der Waals surface area contributed by atoms with E-state index >= 15 is 0 Å². The number of nitrogens with two attached hydrogens (primary N) is 3. The van der Waals surface area contributed by atoms with Crippen molar-refractivity contribution < 1.29 is 48.9 Å². The van der Waals surface area contributed by atoms with Gasteiger partial charge < -0.3 is 74.3 Å². The maximum Gasteiger partial charge on any atom is 0.245 e. The van der Waals surface area contributed by atoms with Crippen LogP contribution in [0.2, 0.25) is 0 Å². The molecule has 2 heterocycles. The summed E-state index contributed by atoms with van der Waals surface area (Å²) in [6.07, 6.45) is 0.572. The molecule has 0 bridgehead atoms. The number of carbonyl (C=O) groups is 7. The van der Waals surface area contributed by atoms with E-state index in [1.165, 1.54) is 31.1 Å². The molecule has 0 saturated heterocycles. The van der Waals surface area contributed by atoms with Gasteiger partial charge in [-0.3, -0.25) is 33.6 Å². The molecule has 72 heavy (non-hydrogen) atoms. The quantitative estimate of drug-likeness (QED) is 0.0184. The number of nitrogen functional groups attached to an aromatic ring is 1. The zero-order chi connectivity index (χ0) is 52.9. The van der Waals surface area contributed by atoms with Crippen LogP contribution in [0.5, 0.6) is 0 Å². The van der Waals surface area contributed by atoms with Gasteiger partial charge in [0.2, 0.25) is 41.4 Å². The lowest BCUT2D eigenvalue weighted by Gasteiger charge is -2.29. The smallest absolute Gasteiger partial charge is 0.245 e. The van der Waals surface area contributed by atoms with Crippen molar-refractivity contribution in [2.45, 2.75) is 113 Å². The van der Waals surface area contributed by atoms with E-state index in [0.29, 0.717) is 18.4 Å². The van der Waals surface area contributed by atoms with E-state index in [1.807, 2.05) is 18.2 Å². The number of aliphatic hydroxyl groups is 3. The number of unbranched alkanes of at least 4 members (excludes halogenated alkanes) is 1. The lowest BCUT2D eigenvalue weighted by Crippen LogP contribution is -2.62. The molecule has 2 unspecified atom stereocenters. The maximum atomic E-state index is 14.6. The molecule has 0 aliphatic heterocycles. The summed E-state index contributed by atoms with van der Waals surface area (Å²) >= 11 is 8.44. The molecule has 4 rings (SSSR count). The topological polar surface area (TPSA) is 386 Å². The molecule has 7 amide bonds. The Morgan fingerprint density at radius 1 is 0.625 bits per heavy atom. The molecule has 0 aliphatic carbocycles. The molecule has 0 saturated carbocycles. The average Bonchev–Trinajstić information content (AvgIpc) is 3.78. The highest BCUT2D eigenvalue weighted by atomic mass is 32.1. The highest BCUT2D eigenvalue weighted by Crippen LogP contribution is 2.16. The molecule has 4 aromatic rings. The van der Waals surface area contributed by atoms with E-state index in [1.54, 1.807) is 42.5 Å². The zero-order valence-electron chi connectivity index (χ0n) is 39.9. The number of fused-ring (bicyclic) bond motifs is 1. The molecule has 2 aromatic heterocycles. The molecule has 24 nitrogen and oxygen atoms in total. The first-order chi connectivity index (χ1) is 34.4. The fraction of sp³-hybridized carbons (Fsp3) is 0.478. The molecule has 10 atom stereocenters. The fourth-order valence-electron chi connectivity index (χ4n) is 7.21. The molecule has 0 aliphatic rings. The van der Waals surface area contributed by atoms with Crippen LogP contribution in [0.4, 0.5) is 5.82 Å². The summed E-state index contributed by atoms with van der Waals surface area (Å²) in [4.78, 5) is 109. The van der Waals surface area contributed by atoms with Crippen LogP contribution in [0.25, 0.3) is 11.2 Å². The summed E-state index contributed by atoms with van der Waals surface area (Å²) in [7, 11) is 0. The minimum absolute atomic E-state index is 0.0325. The van der Waals surface area contributed by atoms with Gasteiger partial charge in [-0.25, -0.2) is 15.0 Å². The van der Waals surface area contributed by atoms with Gasteiger partial charge in [-0.1, -0.05) is 60.7 Å². The Morgan fingerprint density at radius 3 is 1.71 bits per heavy atom. The Morgan fingerprint density at radius 2 is 1.14 bits per heavy atom. The number of nitrogens with zero attached hydrogens (tertiary/aromatic N) is 4. The minimum atomic E-state index is -1.68. The second kappa shape index (κ2) is 29.2. The van der Waals surface area contributed by atoms with Crippen molar-refractivity contribution in [3.8, 4) is 0 Å². The summed E-state index contributed by atoms with van der Waals surface area (Å²) in [6, 6.07) is 7.04. The zero-order valence-corrected chi connectivity index (χ0v) is 41.7. The third kappa shape index (κ3) is 17.4. The van der Waals surface area contributed by atoms with Gasteiger partial charge in [-0.05, 0) is 57.2 Å². The van der Waals surface area contributed by atoms with Gasteiger partial charge in [0.15, 0.2) is 11.5 Å². The van der Waals surface area contributed by atoms with Crippen LogP contribution >= 0.6 is 25.3 Å². The van der Waals surface area contributed by atoms with Crippen LogP contribution < -0.4 is 54.4 Å². The Labute approximate surface area is 427 Å². The van der Waals surface area contributed by atoms with E-state index in [-0.39, 0.29) is 60.8 Å². The van der Waals surface area contributed by atoms with Crippen LogP contribution in [0.1, 0.15) is 44.2 Å². The van der Waals surface area contributed by atoms with Crippen molar-refractivity contribution in [1.29, 1.82) is 0 Å². The monoisotopic (exact) mass is 1040 g/mol. The number of thiol groups is 2. The number of carbonyl (C=O) groups excluding carboxylic acids is 7. The number of amides is 7. The number of imidazole rings is 1. The van der Waals surface area contributed by atoms with Crippen LogP contribution in [0.15, 0.2) is 73.3 Å². The van der Waals surface area contributed by atoms with Crippen LogP contribution in [0, 0.1) is 0 Å². The first-order valence-electron chi connectivity index (χ1n) is 23.2. The number of anilines is 1. The third-order valence-corrected chi connectivity index (χ3v) is 12.1. The largest absolute Gasteiger partial charge is 0.394 e. The lowest BCUT2D eigenvalue weighted by atomic mass is 10.0. The standard InChI is InChI=1S/C46H66N14O10S2/c1-25(62)33(20-61)56-45(69)35(22-72)58-46(70)36(26(2)63)59-41(65)30(15-9-10-16-47)53-43(67)32(19-60-24-52-37-38(49)50-23-51-39(37)60)55-42(66)31(18-28-13-7-4-8-14-28)54-44(68)34(21-71)57-40(64)29(48)17-27-11-5-3-6-12-27/h3-8,11-14,23-26,29-36,61-63,71-72H,9-10,15-22,47-48H2,1-2H3,(H,53,67)(H,54,68)(H,55,66)(H,56,69)(H,57,64)(H,58,70)(H,59,65)(H2,49,50,51)/t25?,26?,29-,30+,31+,32-,33-,34+,35+,36+/m1/s1. The molecule has 0 radical (unpaired) electrons. The third-order valence-electron chi connectivity index (χ3n) is 11.4. The summed E-state index contributed by atoms with van der Waals surface area (Å²) in [6.45, 7) is 1.82. The number of hydrogen-bond donors (Lipinski definition) is 15. The van der Waals surface area contributed by atoms with E-state index in [0.717, 1.165) is 5.56 Å². The van der Waals surface area contributed by atoms with Gasteiger partial charge in [0.05, 0.1) is 43.8 Å². The summed E-state index contributed by atoms with van der Waals surface area (Å²) in [5.41, 5.74) is 19.8. The maximum absolute atomic E-state index is 14.6. The predicted octanol–water partition coefficient (Wildman–Crippen LogP) is -3.64. The molecule has 0 fully saturated rings. The highest BCUT2D eigenvalue weighted by Gasteiger charge is 2.36. The molecule has 2 aromatic carbocycles. The number of aromatic nitrogens is 4. The molecule has 0 spiro atoms. The van der Waals surface area contributed by atoms with E-state index in [4.69, 9.17) is 17.2 Å². The van der Waals surface area contributed by atoms with E-state index < -0.39 is 108 Å². The van der Waals surface area contributed by atoms with Gasteiger partial charge in [0.25, 0.3) is 0 Å². The van der Waals surface area contributed by atoms with Crippen molar-refractivity contribution in [3.63, 3.8) is 0 Å². The number of nitrogens with one attached hydrogen (secondary N) is 7. The number of rotatable bonds is 29. The second-order valence-electron chi connectivity index (χ2n) is 17.0. The number of benzene rings is 2. The Kier molecular flexibility index (Phi) is 23.6. The second-order valence-corrected chi connectivity index (χ2v) is 17.8. The molecular formula is C46H66N14O10S2. The molecular weight excluding hydrogens is 973 g/mol. The van der Waals surface area contributed by atoms with Crippen molar-refractivity contribution in [3.05, 3.63) is 84.4 Å². The summed E-state index contributed by atoms with van der Waals surface area (Å²) in [5, 5.41) is 48.1. The van der Waals surface area contributed by atoms with Crippen LogP contribution in [-0.4, -0.2) is 161 Å². The van der Waals surface area contributed by atoms with Gasteiger partial charge >= 0.3 is 0 Å². The Bertz CT molecular complexity index is 2420. The first kappa shape index (κ1) is 58.2. The first-order valence-corrected chi connectivity index (χ1v) is 24.4. The highest BCUT2D eigenvalue weighted by molar-refractivity contribution is 7.80. The Hall–Kier alpha value is -6.42. The summed E-state index contributed by atoms with van der Waals surface area (Å²) < 4.78 is 1.42. The fourth-order valence-corrected chi connectivity index (χ4v) is 7.73. The van der Waals surface area contributed by atoms with E-state index in [2.05, 4.69) is 77.4 Å². The van der Waals surface area contributed by atoms with Crippen LogP contribution in [0.3, 0.4) is 0 Å². The van der Waals surface area contributed by atoms with Crippen LogP contribution in [-0.2, 0) is 52.9 Å². The van der Waals surface area contributed by atoms with Crippen molar-refractivity contribution in [1.82, 2.24) is 56.7 Å². The van der Waals surface area contributed by atoms with Gasteiger partial charge in [-0.15, -0.1) is 0 Å². The molecule has 16 N–H and O–H groups in total. The SMILES string of the molecule is CC(O)[C@H](NC(=O)[C@H](CCCCN)NC(=O)[C@@H](Cn1cnc2c(N)ncnc21)NC(=O)[C@H](Cc1ccccc1)NC(=O)[C@H](CS)NC(=O)[C@H](N)Cc1ccccc1)C(=O)N[C@@H](CS)C(=O)N[C@H](CO)C(C)O. The van der Waals surface area contributed by atoms with E-state index in [9.17, 15) is 48.9 Å². The normalized spacial score (nSPS) is 15.5. The van der Waals surface area contributed by atoms with Crippen molar-refractivity contribution in [2.75, 3.05) is 30.4 Å². The van der Waals surface area contributed by atoms with Crippen molar-refractivity contribution in [2.24, 2.45) is 11.5 Å². The summed E-state index contributed by atoms with van der Waals surface area (Å²) in [5.74, 6) is -6.33. The van der Waals surface area contributed by atoms with Gasteiger partial charge in [-0.2, -0.15) is 25.3 Å². The minimum Gasteiger partial charge on any atom is -0.394 e. The van der Waals surface area contributed by atoms with Gasteiger partial charge in [0.1, 0.15) is 48.1 Å². The molecule has 392 valence electrons. The number of hydrogen-bond acceptors (Lipinski definition) is 18. The average molecular weight is 1040 g/mol. The Balaban J connectivity index is 1.63. The van der Waals surface area contributed by atoms with Gasteiger partial charge in [0, 0.05) is 17.9 Å².